The second-order valence-electron chi connectivity index (χ2n) is 8.09. The van der Waals surface area contributed by atoms with Crippen LogP contribution in [0.1, 0.15) is 57.7 Å². The minimum absolute atomic E-state index is 0.0853. The number of benzene rings is 2. The second kappa shape index (κ2) is 7.40. The summed E-state index contributed by atoms with van der Waals surface area (Å²) < 4.78 is 6.14. The first-order chi connectivity index (χ1) is 11.2. The van der Waals surface area contributed by atoms with Crippen LogP contribution in [0.3, 0.4) is 0 Å². The number of aliphatic hydroxyl groups excluding tert-OH is 1. The maximum Gasteiger partial charge on any atom is 0.123 e. The molecule has 0 saturated carbocycles. The molecular formula is C22H30O2. The van der Waals surface area contributed by atoms with E-state index < -0.39 is 0 Å². The lowest BCUT2D eigenvalue weighted by Crippen LogP contribution is -2.22. The van der Waals surface area contributed by atoms with E-state index in [2.05, 4.69) is 65.0 Å². The van der Waals surface area contributed by atoms with Crippen molar-refractivity contribution < 1.29 is 9.84 Å². The third-order valence-corrected chi connectivity index (χ3v) is 4.55. The number of hydrogen-bond donors (Lipinski definition) is 1. The molecule has 0 spiro atoms. The molecule has 0 saturated heterocycles. The summed E-state index contributed by atoms with van der Waals surface area (Å²) in [6.45, 7) is 11.7. The van der Waals surface area contributed by atoms with Crippen LogP contribution >= 0.6 is 0 Å². The van der Waals surface area contributed by atoms with Crippen molar-refractivity contribution in [1.29, 1.82) is 0 Å². The van der Waals surface area contributed by atoms with E-state index in [9.17, 15) is 5.11 Å². The van der Waals surface area contributed by atoms with Gasteiger partial charge in [-0.25, -0.2) is 0 Å². The van der Waals surface area contributed by atoms with Gasteiger partial charge in [-0.1, -0.05) is 77.1 Å². The number of aliphatic hydroxyl groups is 1. The molecule has 0 heterocycles. The van der Waals surface area contributed by atoms with Crippen molar-refractivity contribution in [1.82, 2.24) is 0 Å². The van der Waals surface area contributed by atoms with Crippen LogP contribution < -0.4 is 4.74 Å². The largest absolute Gasteiger partial charge is 0.489 e. The Balaban J connectivity index is 2.35. The number of hydrogen-bond acceptors (Lipinski definition) is 2. The van der Waals surface area contributed by atoms with Crippen LogP contribution in [0.2, 0.25) is 0 Å². The first kappa shape index (κ1) is 18.5. The minimum Gasteiger partial charge on any atom is -0.489 e. The van der Waals surface area contributed by atoms with Crippen LogP contribution in [-0.4, -0.2) is 11.7 Å². The molecule has 2 nitrogen and oxygen atoms in total. The van der Waals surface area contributed by atoms with E-state index in [0.717, 1.165) is 11.3 Å². The molecule has 0 aromatic heterocycles. The molecule has 2 aromatic carbocycles. The zero-order chi connectivity index (χ0) is 17.8. The first-order valence-electron chi connectivity index (χ1n) is 8.66. The van der Waals surface area contributed by atoms with E-state index in [-0.39, 0.29) is 17.4 Å². The van der Waals surface area contributed by atoms with Crippen LogP contribution in [-0.2, 0) is 17.4 Å². The summed E-state index contributed by atoms with van der Waals surface area (Å²) in [6.07, 6.45) is 0.711. The molecule has 0 aliphatic heterocycles. The van der Waals surface area contributed by atoms with Gasteiger partial charge in [0, 0.05) is 12.2 Å². The average molecular weight is 326 g/mol. The van der Waals surface area contributed by atoms with Crippen LogP contribution in [0, 0.1) is 0 Å². The van der Waals surface area contributed by atoms with Crippen molar-refractivity contribution in [3.8, 4) is 5.75 Å². The molecular weight excluding hydrogens is 296 g/mol. The summed E-state index contributed by atoms with van der Waals surface area (Å²) in [7, 11) is 0. The standard InChI is InChI=1S/C22H30O2/c1-21(2,3)18-11-12-20(19(15-18)22(4,5)13-14-23)24-16-17-9-7-6-8-10-17/h6-12,15,23H,13-14,16H2,1-5H3. The van der Waals surface area contributed by atoms with Crippen molar-refractivity contribution in [3.05, 3.63) is 65.2 Å². The van der Waals surface area contributed by atoms with E-state index >= 15 is 0 Å². The van der Waals surface area contributed by atoms with Gasteiger partial charge >= 0.3 is 0 Å². The van der Waals surface area contributed by atoms with E-state index in [4.69, 9.17) is 4.74 Å². The third kappa shape index (κ3) is 4.61. The summed E-state index contributed by atoms with van der Waals surface area (Å²) in [6, 6.07) is 16.7. The van der Waals surface area contributed by atoms with Gasteiger partial charge in [-0.05, 0) is 34.4 Å². The molecule has 0 unspecified atom stereocenters. The molecule has 0 aliphatic rings. The fourth-order valence-corrected chi connectivity index (χ4v) is 2.80. The quantitative estimate of drug-likeness (QED) is 0.788. The summed E-state index contributed by atoms with van der Waals surface area (Å²) >= 11 is 0. The highest BCUT2D eigenvalue weighted by Gasteiger charge is 2.26. The predicted octanol–water partition coefficient (Wildman–Crippen LogP) is 5.22. The van der Waals surface area contributed by atoms with Gasteiger partial charge in [0.2, 0.25) is 0 Å². The SMILES string of the molecule is CC(C)(C)c1ccc(OCc2ccccc2)c(C(C)(C)CCO)c1. The smallest absolute Gasteiger partial charge is 0.123 e. The normalized spacial score (nSPS) is 12.2. The fourth-order valence-electron chi connectivity index (χ4n) is 2.80. The van der Waals surface area contributed by atoms with Crippen molar-refractivity contribution in [3.63, 3.8) is 0 Å². The van der Waals surface area contributed by atoms with Gasteiger partial charge in [-0.2, -0.15) is 0 Å². The van der Waals surface area contributed by atoms with Gasteiger partial charge in [-0.15, -0.1) is 0 Å². The van der Waals surface area contributed by atoms with E-state index in [1.54, 1.807) is 0 Å². The van der Waals surface area contributed by atoms with E-state index in [1.807, 2.05) is 18.2 Å². The predicted molar refractivity (Wildman–Crippen MR) is 101 cm³/mol. The topological polar surface area (TPSA) is 29.5 Å². The Hall–Kier alpha value is -1.80. The van der Waals surface area contributed by atoms with Crippen molar-refractivity contribution >= 4 is 0 Å². The monoisotopic (exact) mass is 326 g/mol. The highest BCUT2D eigenvalue weighted by molar-refractivity contribution is 5.44. The molecule has 24 heavy (non-hydrogen) atoms. The fraction of sp³-hybridized carbons (Fsp3) is 0.455. The maximum atomic E-state index is 9.45. The molecule has 0 atom stereocenters. The Kier molecular flexibility index (Phi) is 5.71. The summed E-state index contributed by atoms with van der Waals surface area (Å²) in [5.41, 5.74) is 3.56. The van der Waals surface area contributed by atoms with Crippen molar-refractivity contribution in [2.24, 2.45) is 0 Å². The van der Waals surface area contributed by atoms with E-state index in [1.165, 1.54) is 11.1 Å². The third-order valence-electron chi connectivity index (χ3n) is 4.55. The lowest BCUT2D eigenvalue weighted by atomic mass is 9.77. The van der Waals surface area contributed by atoms with Crippen molar-refractivity contribution in [2.45, 2.75) is 58.5 Å². The maximum absolute atomic E-state index is 9.45. The first-order valence-corrected chi connectivity index (χ1v) is 8.66. The highest BCUT2D eigenvalue weighted by Crippen LogP contribution is 2.37. The Morgan fingerprint density at radius 1 is 0.917 bits per heavy atom. The van der Waals surface area contributed by atoms with Crippen molar-refractivity contribution in [2.75, 3.05) is 6.61 Å². The Morgan fingerprint density at radius 3 is 2.17 bits per heavy atom. The molecule has 0 radical (unpaired) electrons. The van der Waals surface area contributed by atoms with Gasteiger partial charge < -0.3 is 9.84 Å². The lowest BCUT2D eigenvalue weighted by molar-refractivity contribution is 0.244. The zero-order valence-corrected chi connectivity index (χ0v) is 15.6. The summed E-state index contributed by atoms with van der Waals surface area (Å²) in [5, 5.41) is 9.45. The molecule has 0 aliphatic carbocycles. The Bertz CT molecular complexity index is 651. The summed E-state index contributed by atoms with van der Waals surface area (Å²) in [5.74, 6) is 0.908. The second-order valence-corrected chi connectivity index (χ2v) is 8.09. The van der Waals surface area contributed by atoms with Gasteiger partial charge in [0.05, 0.1) is 0 Å². The van der Waals surface area contributed by atoms with E-state index in [0.29, 0.717) is 13.0 Å². The molecule has 1 N–H and O–H groups in total. The summed E-state index contributed by atoms with van der Waals surface area (Å²) in [4.78, 5) is 0. The number of ether oxygens (including phenoxy) is 1. The van der Waals surface area contributed by atoms with Crippen LogP contribution in [0.15, 0.2) is 48.5 Å². The van der Waals surface area contributed by atoms with Gasteiger partial charge in [0.25, 0.3) is 0 Å². The van der Waals surface area contributed by atoms with Crippen LogP contribution in [0.4, 0.5) is 0 Å². The Morgan fingerprint density at radius 2 is 1.58 bits per heavy atom. The van der Waals surface area contributed by atoms with Gasteiger partial charge in [0.15, 0.2) is 0 Å². The number of rotatable bonds is 6. The van der Waals surface area contributed by atoms with Crippen LogP contribution in [0.5, 0.6) is 5.75 Å². The minimum atomic E-state index is -0.137. The highest BCUT2D eigenvalue weighted by atomic mass is 16.5. The molecule has 130 valence electrons. The van der Waals surface area contributed by atoms with Gasteiger partial charge in [-0.3, -0.25) is 0 Å². The zero-order valence-electron chi connectivity index (χ0n) is 15.6. The molecule has 0 amide bonds. The molecule has 2 rings (SSSR count). The molecule has 2 heteroatoms. The molecule has 0 fully saturated rings. The molecule has 0 bridgehead atoms. The lowest BCUT2D eigenvalue weighted by Gasteiger charge is -2.29. The average Bonchev–Trinajstić information content (AvgIpc) is 2.53. The Labute approximate surface area is 146 Å². The molecule has 2 aromatic rings. The van der Waals surface area contributed by atoms with Crippen LogP contribution in [0.25, 0.3) is 0 Å². The van der Waals surface area contributed by atoms with Gasteiger partial charge in [0.1, 0.15) is 12.4 Å².